The molecule has 3 nitrogen and oxygen atoms in total. The van der Waals surface area contributed by atoms with E-state index in [1.165, 1.54) is 0 Å². The van der Waals surface area contributed by atoms with Crippen LogP contribution in [0.2, 0.25) is 0 Å². The van der Waals surface area contributed by atoms with Crippen LogP contribution in [-0.4, -0.2) is 18.2 Å². The van der Waals surface area contributed by atoms with Crippen LogP contribution in [0.25, 0.3) is 0 Å². The van der Waals surface area contributed by atoms with E-state index in [9.17, 15) is 4.79 Å². The molecule has 0 aromatic heterocycles. The fourth-order valence-electron chi connectivity index (χ4n) is 1.49. The van der Waals surface area contributed by atoms with Gasteiger partial charge < -0.3 is 9.47 Å². The van der Waals surface area contributed by atoms with E-state index in [1.54, 1.807) is 6.26 Å². The molecule has 1 unspecified atom stereocenters. The van der Waals surface area contributed by atoms with Crippen molar-refractivity contribution < 1.29 is 14.3 Å². The van der Waals surface area contributed by atoms with Gasteiger partial charge in [-0.3, -0.25) is 4.79 Å². The molecule has 0 saturated heterocycles. The van der Waals surface area contributed by atoms with Crippen molar-refractivity contribution in [3.63, 3.8) is 0 Å². The van der Waals surface area contributed by atoms with Crippen molar-refractivity contribution in [3.8, 4) is 0 Å². The summed E-state index contributed by atoms with van der Waals surface area (Å²) in [4.78, 5) is 11.3. The Balaban J connectivity index is 1.78. The summed E-state index contributed by atoms with van der Waals surface area (Å²) < 4.78 is 10.7. The third kappa shape index (κ3) is 2.28. The molecule has 1 fully saturated rings. The van der Waals surface area contributed by atoms with Gasteiger partial charge in [0.25, 0.3) is 0 Å². The molecule has 1 atom stereocenters. The molecule has 1 aliphatic carbocycles. The minimum atomic E-state index is -0.306. The quantitative estimate of drug-likeness (QED) is 0.648. The topological polar surface area (TPSA) is 35.5 Å². The van der Waals surface area contributed by atoms with Gasteiger partial charge in [-0.05, 0) is 38.7 Å². The number of rotatable bonds is 3. The zero-order valence-corrected chi connectivity index (χ0v) is 8.49. The molecule has 1 aliphatic heterocycles. The number of esters is 1. The van der Waals surface area contributed by atoms with Crippen LogP contribution >= 0.6 is 0 Å². The zero-order valence-electron chi connectivity index (χ0n) is 8.49. The van der Waals surface area contributed by atoms with E-state index in [0.29, 0.717) is 6.61 Å². The maximum absolute atomic E-state index is 11.3. The van der Waals surface area contributed by atoms with E-state index in [2.05, 4.69) is 0 Å². The Labute approximate surface area is 84.1 Å². The molecule has 2 rings (SSSR count). The fraction of sp³-hybridized carbons (Fsp3) is 0.727. The van der Waals surface area contributed by atoms with Gasteiger partial charge in [0.05, 0.1) is 12.2 Å². The average molecular weight is 196 g/mol. The van der Waals surface area contributed by atoms with Crippen LogP contribution in [0, 0.1) is 5.92 Å². The average Bonchev–Trinajstić information content (AvgIpc) is 2.99. The zero-order chi connectivity index (χ0) is 10.0. The Morgan fingerprint density at radius 2 is 2.43 bits per heavy atom. The van der Waals surface area contributed by atoms with Gasteiger partial charge >= 0.3 is 5.97 Å². The van der Waals surface area contributed by atoms with Gasteiger partial charge in [0.15, 0.2) is 0 Å². The molecule has 2 aliphatic rings. The van der Waals surface area contributed by atoms with Crippen LogP contribution in [-0.2, 0) is 14.3 Å². The summed E-state index contributed by atoms with van der Waals surface area (Å²) in [6.07, 6.45) is 7.60. The van der Waals surface area contributed by atoms with Gasteiger partial charge in [-0.25, -0.2) is 0 Å². The second-order valence-electron chi connectivity index (χ2n) is 4.36. The third-order valence-corrected chi connectivity index (χ3v) is 2.72. The van der Waals surface area contributed by atoms with Gasteiger partial charge in [0.2, 0.25) is 0 Å². The summed E-state index contributed by atoms with van der Waals surface area (Å²) in [6.45, 7) is 2.36. The maximum Gasteiger partial charge on any atom is 0.309 e. The van der Waals surface area contributed by atoms with Crippen molar-refractivity contribution in [2.45, 2.75) is 38.2 Å². The standard InChI is InChI=1S/C11H16O3/c1-11(6-2-3-7-14-11)8-13-10(12)9-4-5-9/h3,7,9H,2,4-6,8H2,1H3. The third-order valence-electron chi connectivity index (χ3n) is 2.72. The second-order valence-corrected chi connectivity index (χ2v) is 4.36. The largest absolute Gasteiger partial charge is 0.492 e. The highest BCUT2D eigenvalue weighted by molar-refractivity contribution is 5.74. The number of hydrogen-bond donors (Lipinski definition) is 0. The van der Waals surface area contributed by atoms with Crippen LogP contribution in [0.1, 0.15) is 32.6 Å². The number of carbonyl (C=O) groups excluding carboxylic acids is 1. The summed E-state index contributed by atoms with van der Waals surface area (Å²) in [5, 5.41) is 0. The van der Waals surface area contributed by atoms with Gasteiger partial charge in [-0.2, -0.15) is 0 Å². The molecule has 1 heterocycles. The molecule has 0 N–H and O–H groups in total. The van der Waals surface area contributed by atoms with Crippen molar-refractivity contribution in [1.82, 2.24) is 0 Å². The predicted octanol–water partition coefficient (Wildman–Crippen LogP) is 2.02. The summed E-state index contributed by atoms with van der Waals surface area (Å²) in [5.74, 6) is 0.127. The van der Waals surface area contributed by atoms with E-state index in [0.717, 1.165) is 25.7 Å². The molecular formula is C11H16O3. The smallest absolute Gasteiger partial charge is 0.309 e. The van der Waals surface area contributed by atoms with Crippen molar-refractivity contribution in [1.29, 1.82) is 0 Å². The molecule has 0 aromatic carbocycles. The summed E-state index contributed by atoms with van der Waals surface area (Å²) in [6, 6.07) is 0. The Morgan fingerprint density at radius 1 is 1.64 bits per heavy atom. The first-order chi connectivity index (χ1) is 6.70. The molecule has 0 aromatic rings. The molecule has 14 heavy (non-hydrogen) atoms. The van der Waals surface area contributed by atoms with E-state index in [-0.39, 0.29) is 17.5 Å². The highest BCUT2D eigenvalue weighted by atomic mass is 16.6. The van der Waals surface area contributed by atoms with E-state index >= 15 is 0 Å². The number of hydrogen-bond acceptors (Lipinski definition) is 3. The second kappa shape index (κ2) is 3.64. The van der Waals surface area contributed by atoms with Gasteiger partial charge in [0.1, 0.15) is 12.2 Å². The minimum Gasteiger partial charge on any atom is -0.492 e. The van der Waals surface area contributed by atoms with Crippen LogP contribution in [0.3, 0.4) is 0 Å². The molecule has 1 saturated carbocycles. The Hall–Kier alpha value is -0.990. The molecule has 78 valence electrons. The lowest BCUT2D eigenvalue weighted by Crippen LogP contribution is -2.35. The van der Waals surface area contributed by atoms with Gasteiger partial charge in [-0.15, -0.1) is 0 Å². The lowest BCUT2D eigenvalue weighted by Gasteiger charge is -2.30. The maximum atomic E-state index is 11.3. The van der Waals surface area contributed by atoms with Crippen LogP contribution in [0.5, 0.6) is 0 Å². The molecular weight excluding hydrogens is 180 g/mol. The van der Waals surface area contributed by atoms with Gasteiger partial charge in [0, 0.05) is 0 Å². The Bertz CT molecular complexity index is 255. The first-order valence-electron chi connectivity index (χ1n) is 5.19. The highest BCUT2D eigenvalue weighted by Crippen LogP contribution is 2.31. The van der Waals surface area contributed by atoms with Crippen molar-refractivity contribution in [2.24, 2.45) is 5.92 Å². The monoisotopic (exact) mass is 196 g/mol. The summed E-state index contributed by atoms with van der Waals surface area (Å²) in [7, 11) is 0. The molecule has 0 radical (unpaired) electrons. The first kappa shape index (κ1) is 9.56. The van der Waals surface area contributed by atoms with E-state index in [4.69, 9.17) is 9.47 Å². The van der Waals surface area contributed by atoms with Crippen molar-refractivity contribution >= 4 is 5.97 Å². The Morgan fingerprint density at radius 3 is 3.00 bits per heavy atom. The lowest BCUT2D eigenvalue weighted by molar-refractivity contribution is -0.153. The van der Waals surface area contributed by atoms with Crippen LogP contribution < -0.4 is 0 Å². The minimum absolute atomic E-state index is 0.0515. The SMILES string of the molecule is CC1(COC(=O)C2CC2)CCC=CO1. The van der Waals surface area contributed by atoms with E-state index < -0.39 is 0 Å². The molecule has 0 spiro atoms. The summed E-state index contributed by atoms with van der Waals surface area (Å²) in [5.41, 5.74) is -0.306. The number of allylic oxidation sites excluding steroid dienone is 1. The normalized spacial score (nSPS) is 30.9. The molecule has 0 amide bonds. The summed E-state index contributed by atoms with van der Waals surface area (Å²) >= 11 is 0. The lowest BCUT2D eigenvalue weighted by atomic mass is 9.99. The van der Waals surface area contributed by atoms with Gasteiger partial charge in [-0.1, -0.05) is 0 Å². The Kier molecular flexibility index (Phi) is 2.48. The highest BCUT2D eigenvalue weighted by Gasteiger charge is 2.34. The predicted molar refractivity (Wildman–Crippen MR) is 51.5 cm³/mol. The number of ether oxygens (including phenoxy) is 2. The van der Waals surface area contributed by atoms with E-state index in [1.807, 2.05) is 13.0 Å². The molecule has 3 heteroatoms. The van der Waals surface area contributed by atoms with Crippen LogP contribution in [0.4, 0.5) is 0 Å². The van der Waals surface area contributed by atoms with Crippen LogP contribution in [0.15, 0.2) is 12.3 Å². The fourth-order valence-corrected chi connectivity index (χ4v) is 1.49. The number of carbonyl (C=O) groups is 1. The van der Waals surface area contributed by atoms with Crippen molar-refractivity contribution in [2.75, 3.05) is 6.61 Å². The molecule has 0 bridgehead atoms. The first-order valence-corrected chi connectivity index (χ1v) is 5.19. The van der Waals surface area contributed by atoms with Crippen molar-refractivity contribution in [3.05, 3.63) is 12.3 Å².